The van der Waals surface area contributed by atoms with Gasteiger partial charge in [-0.1, -0.05) is 18.2 Å². The van der Waals surface area contributed by atoms with E-state index >= 15 is 0 Å². The molecule has 0 aliphatic rings. The number of para-hydroxylation sites is 1. The minimum absolute atomic E-state index is 0.235. The Kier molecular flexibility index (Phi) is 3.69. The molecule has 0 spiro atoms. The number of hydrogen-bond acceptors (Lipinski definition) is 4. The molecular weight excluding hydrogens is 240 g/mol. The molecule has 2 aromatic rings. The van der Waals surface area contributed by atoms with Crippen molar-refractivity contribution in [3.63, 3.8) is 0 Å². The molecule has 0 aliphatic heterocycles. The lowest BCUT2D eigenvalue weighted by atomic mass is 9.94. The Labute approximate surface area is 112 Å². The predicted octanol–water partition coefficient (Wildman–Crippen LogP) is 2.85. The fraction of sp³-hybridized carbons (Fsp3) is 0.333. The monoisotopic (exact) mass is 258 g/mol. The van der Waals surface area contributed by atoms with Gasteiger partial charge in [0.15, 0.2) is 0 Å². The van der Waals surface area contributed by atoms with Crippen LogP contribution in [0.5, 0.6) is 0 Å². The first kappa shape index (κ1) is 13.3. The van der Waals surface area contributed by atoms with E-state index in [2.05, 4.69) is 10.3 Å². The Bertz CT molecular complexity index is 593. The van der Waals surface area contributed by atoms with Crippen molar-refractivity contribution < 1.29 is 9.53 Å². The Morgan fingerprint density at radius 2 is 2.00 bits per heavy atom. The van der Waals surface area contributed by atoms with E-state index in [1.54, 1.807) is 0 Å². The quantitative estimate of drug-likeness (QED) is 0.857. The minimum atomic E-state index is -0.581. The highest BCUT2D eigenvalue weighted by Gasteiger charge is 2.28. The van der Waals surface area contributed by atoms with Crippen LogP contribution in [0.2, 0.25) is 0 Å². The molecule has 1 N–H and O–H groups in total. The molecular formula is C15H18N2O2. The standard InChI is InChI=1S/C15H18N2O2/c1-15(2,14(18)19-3)10-16-13-9-8-11-6-4-5-7-12(11)17-13/h4-9H,10H2,1-3H3,(H,16,17). The molecule has 4 nitrogen and oxygen atoms in total. The fourth-order valence-corrected chi connectivity index (χ4v) is 1.82. The molecule has 100 valence electrons. The first-order valence-corrected chi connectivity index (χ1v) is 6.21. The highest BCUT2D eigenvalue weighted by atomic mass is 16.5. The zero-order valence-corrected chi connectivity index (χ0v) is 11.4. The molecule has 0 amide bonds. The number of carbonyl (C=O) groups is 1. The SMILES string of the molecule is COC(=O)C(C)(C)CNc1ccc2ccccc2n1. The van der Waals surface area contributed by atoms with E-state index in [4.69, 9.17) is 4.74 Å². The van der Waals surface area contributed by atoms with Gasteiger partial charge < -0.3 is 10.1 Å². The van der Waals surface area contributed by atoms with Crippen LogP contribution < -0.4 is 5.32 Å². The fourth-order valence-electron chi connectivity index (χ4n) is 1.82. The first-order chi connectivity index (χ1) is 9.03. The third kappa shape index (κ3) is 3.02. The molecule has 2 rings (SSSR count). The van der Waals surface area contributed by atoms with Gasteiger partial charge in [0.05, 0.1) is 18.0 Å². The van der Waals surface area contributed by atoms with Crippen LogP contribution in [0.15, 0.2) is 36.4 Å². The molecule has 0 radical (unpaired) electrons. The van der Waals surface area contributed by atoms with Crippen LogP contribution in [-0.2, 0) is 9.53 Å². The van der Waals surface area contributed by atoms with Gasteiger partial charge in [-0.05, 0) is 32.0 Å². The molecule has 0 bridgehead atoms. The van der Waals surface area contributed by atoms with Gasteiger partial charge >= 0.3 is 5.97 Å². The summed E-state index contributed by atoms with van der Waals surface area (Å²) in [5, 5.41) is 4.28. The van der Waals surface area contributed by atoms with Crippen molar-refractivity contribution in [3.8, 4) is 0 Å². The van der Waals surface area contributed by atoms with Gasteiger partial charge in [-0.15, -0.1) is 0 Å². The van der Waals surface area contributed by atoms with Crippen LogP contribution >= 0.6 is 0 Å². The van der Waals surface area contributed by atoms with Crippen molar-refractivity contribution in [1.29, 1.82) is 0 Å². The van der Waals surface area contributed by atoms with Gasteiger partial charge in [0.25, 0.3) is 0 Å². The van der Waals surface area contributed by atoms with Crippen molar-refractivity contribution in [3.05, 3.63) is 36.4 Å². The van der Waals surface area contributed by atoms with E-state index in [1.165, 1.54) is 7.11 Å². The summed E-state index contributed by atoms with van der Waals surface area (Å²) in [5.41, 5.74) is 0.352. The summed E-state index contributed by atoms with van der Waals surface area (Å²) in [6, 6.07) is 11.8. The van der Waals surface area contributed by atoms with Crippen molar-refractivity contribution in [2.24, 2.45) is 5.41 Å². The molecule has 0 unspecified atom stereocenters. The normalized spacial score (nSPS) is 11.3. The van der Waals surface area contributed by atoms with Crippen LogP contribution in [0.4, 0.5) is 5.82 Å². The number of esters is 1. The summed E-state index contributed by atoms with van der Waals surface area (Å²) in [6.45, 7) is 4.16. The van der Waals surface area contributed by atoms with Gasteiger partial charge in [0, 0.05) is 11.9 Å². The van der Waals surface area contributed by atoms with E-state index in [1.807, 2.05) is 50.2 Å². The third-order valence-electron chi connectivity index (χ3n) is 3.05. The van der Waals surface area contributed by atoms with Gasteiger partial charge in [-0.2, -0.15) is 0 Å². The number of rotatable bonds is 4. The number of hydrogen-bond donors (Lipinski definition) is 1. The lowest BCUT2D eigenvalue weighted by molar-refractivity contribution is -0.149. The summed E-state index contributed by atoms with van der Waals surface area (Å²) < 4.78 is 4.77. The van der Waals surface area contributed by atoms with E-state index in [0.717, 1.165) is 16.7 Å². The average molecular weight is 258 g/mol. The van der Waals surface area contributed by atoms with Crippen molar-refractivity contribution in [2.45, 2.75) is 13.8 Å². The summed E-state index contributed by atoms with van der Waals surface area (Å²) in [7, 11) is 1.40. The van der Waals surface area contributed by atoms with E-state index in [9.17, 15) is 4.79 Å². The molecule has 1 aromatic heterocycles. The number of benzene rings is 1. The number of nitrogens with one attached hydrogen (secondary N) is 1. The van der Waals surface area contributed by atoms with Gasteiger partial charge in [-0.3, -0.25) is 4.79 Å². The van der Waals surface area contributed by atoms with Crippen molar-refractivity contribution >= 4 is 22.7 Å². The Hall–Kier alpha value is -2.10. The highest BCUT2D eigenvalue weighted by Crippen LogP contribution is 2.19. The average Bonchev–Trinajstić information content (AvgIpc) is 2.44. The number of fused-ring (bicyclic) bond motifs is 1. The molecule has 0 saturated carbocycles. The Morgan fingerprint density at radius 1 is 1.26 bits per heavy atom. The van der Waals surface area contributed by atoms with Crippen LogP contribution in [0, 0.1) is 5.41 Å². The van der Waals surface area contributed by atoms with Crippen LogP contribution in [0.3, 0.4) is 0 Å². The van der Waals surface area contributed by atoms with Gasteiger partial charge in [0.2, 0.25) is 0 Å². The second kappa shape index (κ2) is 5.26. The molecule has 0 aliphatic carbocycles. The van der Waals surface area contributed by atoms with E-state index in [0.29, 0.717) is 6.54 Å². The maximum absolute atomic E-state index is 11.6. The topological polar surface area (TPSA) is 51.2 Å². The molecule has 1 aromatic carbocycles. The number of anilines is 1. The number of pyridine rings is 1. The second-order valence-corrected chi connectivity index (χ2v) is 5.12. The predicted molar refractivity (Wildman–Crippen MR) is 76.0 cm³/mol. The number of ether oxygens (including phenoxy) is 1. The summed E-state index contributed by atoms with van der Waals surface area (Å²) in [4.78, 5) is 16.1. The zero-order valence-electron chi connectivity index (χ0n) is 11.4. The molecule has 1 heterocycles. The van der Waals surface area contributed by atoms with Gasteiger partial charge in [-0.25, -0.2) is 4.98 Å². The largest absolute Gasteiger partial charge is 0.469 e. The number of methoxy groups -OCH3 is 1. The molecule has 19 heavy (non-hydrogen) atoms. The minimum Gasteiger partial charge on any atom is -0.469 e. The van der Waals surface area contributed by atoms with E-state index < -0.39 is 5.41 Å². The Morgan fingerprint density at radius 3 is 2.74 bits per heavy atom. The zero-order chi connectivity index (χ0) is 13.9. The summed E-state index contributed by atoms with van der Waals surface area (Å²) >= 11 is 0. The highest BCUT2D eigenvalue weighted by molar-refractivity contribution is 5.80. The molecule has 4 heteroatoms. The molecule has 0 saturated heterocycles. The molecule has 0 fully saturated rings. The first-order valence-electron chi connectivity index (χ1n) is 6.21. The lowest BCUT2D eigenvalue weighted by Gasteiger charge is -2.22. The molecule has 0 atom stereocenters. The second-order valence-electron chi connectivity index (χ2n) is 5.12. The van der Waals surface area contributed by atoms with Gasteiger partial charge in [0.1, 0.15) is 5.82 Å². The number of carbonyl (C=O) groups excluding carboxylic acids is 1. The number of aromatic nitrogens is 1. The van der Waals surface area contributed by atoms with Crippen LogP contribution in [0.1, 0.15) is 13.8 Å². The van der Waals surface area contributed by atoms with Crippen LogP contribution in [0.25, 0.3) is 10.9 Å². The smallest absolute Gasteiger partial charge is 0.313 e. The third-order valence-corrected chi connectivity index (χ3v) is 3.05. The summed E-state index contributed by atoms with van der Waals surface area (Å²) in [5.74, 6) is 0.525. The van der Waals surface area contributed by atoms with Crippen molar-refractivity contribution in [2.75, 3.05) is 19.0 Å². The van der Waals surface area contributed by atoms with E-state index in [-0.39, 0.29) is 5.97 Å². The van der Waals surface area contributed by atoms with Crippen LogP contribution in [-0.4, -0.2) is 24.6 Å². The number of nitrogens with zero attached hydrogens (tertiary/aromatic N) is 1. The maximum atomic E-state index is 11.6. The lowest BCUT2D eigenvalue weighted by Crippen LogP contribution is -2.33. The maximum Gasteiger partial charge on any atom is 0.313 e. The Balaban J connectivity index is 2.12. The summed E-state index contributed by atoms with van der Waals surface area (Å²) in [6.07, 6.45) is 0. The van der Waals surface area contributed by atoms with Crippen molar-refractivity contribution in [1.82, 2.24) is 4.98 Å².